The van der Waals surface area contributed by atoms with Gasteiger partial charge < -0.3 is 9.84 Å². The Labute approximate surface area is 88.3 Å². The Kier molecular flexibility index (Phi) is 4.61. The molecule has 0 heterocycles. The number of rotatable bonds is 3. The van der Waals surface area contributed by atoms with Crippen molar-refractivity contribution in [1.82, 2.24) is 0 Å². The van der Waals surface area contributed by atoms with Crippen LogP contribution in [0.1, 0.15) is 32.6 Å². The van der Waals surface area contributed by atoms with Crippen molar-refractivity contribution < 1.29 is 14.6 Å². The van der Waals surface area contributed by atoms with E-state index in [9.17, 15) is 9.90 Å². The number of hydrogen-bond acceptors (Lipinski definition) is 3. The minimum Gasteiger partial charge on any atom is -0.460 e. The van der Waals surface area contributed by atoms with E-state index < -0.39 is 6.10 Å². The van der Waals surface area contributed by atoms with Crippen molar-refractivity contribution in [3.8, 4) is 0 Å². The Bertz CT molecular complexity index is 196. The average Bonchev–Trinajstić information content (AvgIpc) is 2.10. The van der Waals surface area contributed by atoms with Crippen LogP contribution in [0.4, 0.5) is 0 Å². The number of carbonyl (C=O) groups is 1. The normalized spacial score (nSPS) is 32.9. The van der Waals surface area contributed by atoms with E-state index in [-0.39, 0.29) is 12.1 Å². The first-order valence-corrected chi connectivity index (χ1v) is 6.90. The summed E-state index contributed by atoms with van der Waals surface area (Å²) in [5, 5.41) is 9.64. The maximum absolute atomic E-state index is 10.8. The summed E-state index contributed by atoms with van der Waals surface area (Å²) in [6.45, 7) is 1.41. The molecule has 0 aromatic carbocycles. The second kappa shape index (κ2) is 5.51. The monoisotopic (exact) mass is 216 g/mol. The van der Waals surface area contributed by atoms with E-state index in [0.29, 0.717) is 5.92 Å². The molecule has 82 valence electrons. The van der Waals surface area contributed by atoms with E-state index in [4.69, 9.17) is 4.74 Å². The molecule has 0 aromatic heterocycles. The highest BCUT2D eigenvalue weighted by Gasteiger charge is 2.30. The molecular weight excluding hydrogens is 196 g/mol. The molecule has 3 atom stereocenters. The molecule has 0 saturated heterocycles. The first-order chi connectivity index (χ1) is 6.63. The van der Waals surface area contributed by atoms with E-state index in [2.05, 4.69) is 0 Å². The lowest BCUT2D eigenvalue weighted by Gasteiger charge is -2.32. The summed E-state index contributed by atoms with van der Waals surface area (Å²) in [5.74, 6) is 0.376. The van der Waals surface area contributed by atoms with E-state index in [1.54, 1.807) is 0 Å². The van der Waals surface area contributed by atoms with Crippen molar-refractivity contribution in [3.63, 3.8) is 0 Å². The van der Waals surface area contributed by atoms with Crippen molar-refractivity contribution in [2.75, 3.05) is 0 Å². The van der Waals surface area contributed by atoms with Crippen molar-refractivity contribution in [3.05, 3.63) is 0 Å². The van der Waals surface area contributed by atoms with Crippen molar-refractivity contribution in [1.29, 1.82) is 0 Å². The van der Waals surface area contributed by atoms with Crippen LogP contribution in [0.25, 0.3) is 0 Å². The minimum absolute atomic E-state index is 0.250. The second-order valence-corrected chi connectivity index (χ2v) is 5.18. The summed E-state index contributed by atoms with van der Waals surface area (Å²) in [5.41, 5.74) is 0. The molecule has 3 unspecified atom stereocenters. The zero-order chi connectivity index (χ0) is 10.6. The van der Waals surface area contributed by atoms with Crippen LogP contribution in [0.2, 0.25) is 6.04 Å². The van der Waals surface area contributed by atoms with Crippen LogP contribution in [0.5, 0.6) is 0 Å². The summed E-state index contributed by atoms with van der Waals surface area (Å²) >= 11 is 0. The van der Waals surface area contributed by atoms with E-state index in [1.807, 2.05) is 0 Å². The lowest BCUT2D eigenvalue weighted by molar-refractivity contribution is -0.156. The van der Waals surface area contributed by atoms with Gasteiger partial charge in [-0.2, -0.15) is 0 Å². The molecule has 1 saturated carbocycles. The molecule has 0 radical (unpaired) electrons. The molecule has 1 rings (SSSR count). The van der Waals surface area contributed by atoms with E-state index in [0.717, 1.165) is 19.3 Å². The molecule has 1 fully saturated rings. The highest BCUT2D eigenvalue weighted by molar-refractivity contribution is 6.08. The maximum atomic E-state index is 10.8. The average molecular weight is 216 g/mol. The van der Waals surface area contributed by atoms with E-state index >= 15 is 0 Å². The summed E-state index contributed by atoms with van der Waals surface area (Å²) in [4.78, 5) is 10.8. The number of aliphatic hydroxyl groups is 1. The van der Waals surface area contributed by atoms with Gasteiger partial charge in [0.2, 0.25) is 0 Å². The lowest BCUT2D eigenvalue weighted by Crippen LogP contribution is -2.37. The van der Waals surface area contributed by atoms with Crippen molar-refractivity contribution >= 4 is 16.2 Å². The fraction of sp³-hybridized carbons (Fsp3) is 0.900. The molecule has 0 spiro atoms. The first-order valence-electron chi connectivity index (χ1n) is 5.48. The quantitative estimate of drug-likeness (QED) is 0.543. The third-order valence-electron chi connectivity index (χ3n) is 2.88. The highest BCUT2D eigenvalue weighted by Crippen LogP contribution is 2.29. The zero-order valence-electron chi connectivity index (χ0n) is 9.03. The molecule has 1 aliphatic carbocycles. The molecule has 0 amide bonds. The number of esters is 1. The van der Waals surface area contributed by atoms with Gasteiger partial charge in [-0.15, -0.1) is 0 Å². The molecule has 0 bridgehead atoms. The molecule has 0 aromatic rings. The fourth-order valence-corrected chi connectivity index (χ4v) is 3.02. The van der Waals surface area contributed by atoms with Gasteiger partial charge in [-0.3, -0.25) is 4.79 Å². The summed E-state index contributed by atoms with van der Waals surface area (Å²) < 4.78 is 5.10. The third-order valence-corrected chi connectivity index (χ3v) is 3.46. The number of aliphatic hydroxyl groups excluding tert-OH is 1. The van der Waals surface area contributed by atoms with Crippen LogP contribution < -0.4 is 0 Å². The Hall–Kier alpha value is -0.353. The van der Waals surface area contributed by atoms with Crippen LogP contribution in [-0.4, -0.2) is 33.5 Å². The van der Waals surface area contributed by atoms with Crippen molar-refractivity contribution in [2.45, 2.75) is 50.9 Å². The van der Waals surface area contributed by atoms with Gasteiger partial charge in [0.1, 0.15) is 6.10 Å². The van der Waals surface area contributed by atoms with Crippen LogP contribution >= 0.6 is 0 Å². The molecule has 14 heavy (non-hydrogen) atoms. The van der Waals surface area contributed by atoms with E-state index in [1.165, 1.54) is 29.6 Å². The Morgan fingerprint density at radius 3 is 2.86 bits per heavy atom. The van der Waals surface area contributed by atoms with Gasteiger partial charge in [0.25, 0.3) is 0 Å². The van der Waals surface area contributed by atoms with Crippen LogP contribution in [0.15, 0.2) is 0 Å². The highest BCUT2D eigenvalue weighted by atomic mass is 28.1. The van der Waals surface area contributed by atoms with Gasteiger partial charge in [0, 0.05) is 17.2 Å². The zero-order valence-corrected chi connectivity index (χ0v) is 11.0. The van der Waals surface area contributed by atoms with Crippen LogP contribution in [0.3, 0.4) is 0 Å². The lowest BCUT2D eigenvalue weighted by atomic mass is 9.84. The Morgan fingerprint density at radius 1 is 1.57 bits per heavy atom. The van der Waals surface area contributed by atoms with Crippen molar-refractivity contribution in [2.24, 2.45) is 5.92 Å². The molecule has 0 aliphatic heterocycles. The molecule has 3 nitrogen and oxygen atoms in total. The SMILES string of the molecule is CC(=O)OC1CC(CC[SiH3])CCC1O. The fourth-order valence-electron chi connectivity index (χ4n) is 2.21. The molecule has 1 N–H and O–H groups in total. The van der Waals surface area contributed by atoms with Gasteiger partial charge in [0.05, 0.1) is 6.10 Å². The second-order valence-electron chi connectivity index (χ2n) is 4.18. The topological polar surface area (TPSA) is 46.5 Å². The van der Waals surface area contributed by atoms with Crippen LogP contribution in [-0.2, 0) is 9.53 Å². The molecule has 4 heteroatoms. The maximum Gasteiger partial charge on any atom is 0.302 e. The first kappa shape index (κ1) is 11.7. The van der Waals surface area contributed by atoms with Gasteiger partial charge in [0.15, 0.2) is 0 Å². The Morgan fingerprint density at radius 2 is 2.29 bits per heavy atom. The van der Waals surface area contributed by atoms with Gasteiger partial charge in [-0.05, 0) is 25.2 Å². The summed E-state index contributed by atoms with van der Waals surface area (Å²) in [7, 11) is 1.24. The smallest absolute Gasteiger partial charge is 0.302 e. The number of carbonyl (C=O) groups excluding carboxylic acids is 1. The Balaban J connectivity index is 2.42. The van der Waals surface area contributed by atoms with Gasteiger partial charge >= 0.3 is 5.97 Å². The predicted octanol–water partition coefficient (Wildman–Crippen LogP) is 0.253. The third kappa shape index (κ3) is 3.42. The largest absolute Gasteiger partial charge is 0.460 e. The van der Waals surface area contributed by atoms with Gasteiger partial charge in [-0.25, -0.2) is 0 Å². The van der Waals surface area contributed by atoms with Crippen LogP contribution in [0, 0.1) is 5.92 Å². The summed E-state index contributed by atoms with van der Waals surface area (Å²) in [6, 6.07) is 1.30. The molecular formula is C10H20O3Si. The number of ether oxygens (including phenoxy) is 1. The predicted molar refractivity (Wildman–Crippen MR) is 58.3 cm³/mol. The molecule has 1 aliphatic rings. The van der Waals surface area contributed by atoms with Gasteiger partial charge in [-0.1, -0.05) is 12.5 Å². The minimum atomic E-state index is -0.441. The standard InChI is InChI=1S/C10H20O3Si/c1-7(11)13-10-6-8(4-5-14)2-3-9(10)12/h8-10,12H,2-6H2,1,14H3. The summed E-state index contributed by atoms with van der Waals surface area (Å²) in [6.07, 6.45) is 3.26. The number of hydrogen-bond donors (Lipinski definition) is 1.